The van der Waals surface area contributed by atoms with Gasteiger partial charge in [0, 0.05) is 6.42 Å². The van der Waals surface area contributed by atoms with E-state index in [1.54, 1.807) is 0 Å². The van der Waals surface area contributed by atoms with Crippen LogP contribution in [0.25, 0.3) is 0 Å². The molecule has 0 bridgehead atoms. The minimum atomic E-state index is -0.245. The molecule has 19 heavy (non-hydrogen) atoms. The summed E-state index contributed by atoms with van der Waals surface area (Å²) in [6.45, 7) is 6.44. The SMILES string of the molecule is CCC(C)(C(=O)CCc1ccccc1)N1CCCC1. The minimum absolute atomic E-state index is 0.245. The number of carbonyl (C=O) groups is 1. The third-order valence-corrected chi connectivity index (χ3v) is 4.58. The normalized spacial score (nSPS) is 19.3. The quantitative estimate of drug-likeness (QED) is 0.780. The lowest BCUT2D eigenvalue weighted by Gasteiger charge is -2.36. The molecule has 2 rings (SSSR count). The lowest BCUT2D eigenvalue weighted by atomic mass is 9.88. The molecule has 1 aliphatic heterocycles. The Balaban J connectivity index is 1.97. The highest BCUT2D eigenvalue weighted by atomic mass is 16.1. The molecular weight excluding hydrogens is 234 g/mol. The van der Waals surface area contributed by atoms with Crippen molar-refractivity contribution in [2.24, 2.45) is 0 Å². The first-order valence-electron chi connectivity index (χ1n) is 7.49. The number of carbonyl (C=O) groups excluding carboxylic acids is 1. The van der Waals surface area contributed by atoms with Crippen molar-refractivity contribution in [2.75, 3.05) is 13.1 Å². The van der Waals surface area contributed by atoms with Gasteiger partial charge in [0.05, 0.1) is 5.54 Å². The summed E-state index contributed by atoms with van der Waals surface area (Å²) in [5.41, 5.74) is 1.02. The fourth-order valence-corrected chi connectivity index (χ4v) is 2.98. The van der Waals surface area contributed by atoms with Gasteiger partial charge in [-0.3, -0.25) is 9.69 Å². The average Bonchev–Trinajstić information content (AvgIpc) is 2.99. The van der Waals surface area contributed by atoms with Gasteiger partial charge in [-0.1, -0.05) is 37.3 Å². The summed E-state index contributed by atoms with van der Waals surface area (Å²) < 4.78 is 0. The van der Waals surface area contributed by atoms with E-state index >= 15 is 0 Å². The predicted octanol–water partition coefficient (Wildman–Crippen LogP) is 3.45. The third-order valence-electron chi connectivity index (χ3n) is 4.58. The van der Waals surface area contributed by atoms with Crippen molar-refractivity contribution in [3.8, 4) is 0 Å². The van der Waals surface area contributed by atoms with E-state index in [1.807, 2.05) is 18.2 Å². The second kappa shape index (κ2) is 6.33. The van der Waals surface area contributed by atoms with E-state index in [2.05, 4.69) is 30.9 Å². The number of nitrogens with zero attached hydrogens (tertiary/aromatic N) is 1. The summed E-state index contributed by atoms with van der Waals surface area (Å²) in [5, 5.41) is 0. The average molecular weight is 259 g/mol. The fraction of sp³-hybridized carbons (Fsp3) is 0.588. The van der Waals surface area contributed by atoms with Crippen molar-refractivity contribution >= 4 is 5.78 Å². The van der Waals surface area contributed by atoms with Crippen LogP contribution in [0, 0.1) is 0 Å². The molecule has 1 aliphatic rings. The van der Waals surface area contributed by atoms with Crippen molar-refractivity contribution < 1.29 is 4.79 Å². The van der Waals surface area contributed by atoms with Gasteiger partial charge in [0.2, 0.25) is 0 Å². The van der Waals surface area contributed by atoms with Gasteiger partial charge in [0.1, 0.15) is 0 Å². The van der Waals surface area contributed by atoms with Crippen LogP contribution >= 0.6 is 0 Å². The molecule has 104 valence electrons. The Kier molecular flexibility index (Phi) is 4.76. The Bertz CT molecular complexity index is 409. The van der Waals surface area contributed by atoms with Crippen LogP contribution in [0.2, 0.25) is 0 Å². The van der Waals surface area contributed by atoms with Crippen LogP contribution in [0.1, 0.15) is 45.1 Å². The number of hydrogen-bond donors (Lipinski definition) is 0. The first kappa shape index (κ1) is 14.3. The number of Topliss-reactive ketones (excluding diaryl/α,β-unsaturated/α-hetero) is 1. The van der Waals surface area contributed by atoms with E-state index in [1.165, 1.54) is 18.4 Å². The highest BCUT2D eigenvalue weighted by Crippen LogP contribution is 2.27. The summed E-state index contributed by atoms with van der Waals surface area (Å²) in [6.07, 6.45) is 4.91. The molecule has 0 amide bonds. The Morgan fingerprint density at radius 3 is 2.42 bits per heavy atom. The smallest absolute Gasteiger partial charge is 0.153 e. The van der Waals surface area contributed by atoms with Crippen LogP contribution in [0.3, 0.4) is 0 Å². The van der Waals surface area contributed by atoms with Crippen LogP contribution in [0.15, 0.2) is 30.3 Å². The third kappa shape index (κ3) is 3.24. The zero-order chi connectivity index (χ0) is 13.7. The second-order valence-corrected chi connectivity index (χ2v) is 5.73. The van der Waals surface area contributed by atoms with Gasteiger partial charge in [-0.25, -0.2) is 0 Å². The monoisotopic (exact) mass is 259 g/mol. The zero-order valence-corrected chi connectivity index (χ0v) is 12.2. The molecule has 0 N–H and O–H groups in total. The largest absolute Gasteiger partial charge is 0.298 e. The molecule has 1 unspecified atom stereocenters. The minimum Gasteiger partial charge on any atom is -0.298 e. The van der Waals surface area contributed by atoms with Crippen LogP contribution in [-0.4, -0.2) is 29.3 Å². The first-order chi connectivity index (χ1) is 9.16. The first-order valence-corrected chi connectivity index (χ1v) is 7.49. The molecule has 0 aliphatic carbocycles. The molecular formula is C17H25NO. The second-order valence-electron chi connectivity index (χ2n) is 5.73. The van der Waals surface area contributed by atoms with Crippen LogP contribution in [0.5, 0.6) is 0 Å². The van der Waals surface area contributed by atoms with Gasteiger partial charge in [-0.05, 0) is 51.3 Å². The van der Waals surface area contributed by atoms with Gasteiger partial charge in [0.15, 0.2) is 5.78 Å². The number of likely N-dealkylation sites (tertiary alicyclic amines) is 1. The van der Waals surface area contributed by atoms with Gasteiger partial charge in [-0.15, -0.1) is 0 Å². The fourth-order valence-electron chi connectivity index (χ4n) is 2.98. The molecule has 2 heteroatoms. The molecule has 0 radical (unpaired) electrons. The van der Waals surface area contributed by atoms with Crippen LogP contribution in [-0.2, 0) is 11.2 Å². The standard InChI is InChI=1S/C17H25NO/c1-3-17(2,18-13-7-8-14-18)16(19)12-11-15-9-5-4-6-10-15/h4-6,9-10H,3,7-8,11-14H2,1-2H3. The van der Waals surface area contributed by atoms with E-state index < -0.39 is 0 Å². The summed E-state index contributed by atoms with van der Waals surface area (Å²) in [7, 11) is 0. The molecule has 1 heterocycles. The Hall–Kier alpha value is -1.15. The number of rotatable bonds is 6. The van der Waals surface area contributed by atoms with E-state index in [4.69, 9.17) is 0 Å². The van der Waals surface area contributed by atoms with Crippen molar-refractivity contribution in [1.82, 2.24) is 4.90 Å². The van der Waals surface area contributed by atoms with Crippen molar-refractivity contribution in [3.05, 3.63) is 35.9 Å². The Morgan fingerprint density at radius 2 is 1.84 bits per heavy atom. The highest BCUT2D eigenvalue weighted by molar-refractivity contribution is 5.88. The van der Waals surface area contributed by atoms with Gasteiger partial charge >= 0.3 is 0 Å². The Morgan fingerprint density at radius 1 is 1.21 bits per heavy atom. The van der Waals surface area contributed by atoms with E-state index in [9.17, 15) is 4.79 Å². The maximum atomic E-state index is 12.6. The van der Waals surface area contributed by atoms with Gasteiger partial charge in [0.25, 0.3) is 0 Å². The van der Waals surface area contributed by atoms with Gasteiger partial charge < -0.3 is 0 Å². The summed E-state index contributed by atoms with van der Waals surface area (Å²) >= 11 is 0. The molecule has 1 saturated heterocycles. The van der Waals surface area contributed by atoms with E-state index in [-0.39, 0.29) is 5.54 Å². The van der Waals surface area contributed by atoms with Crippen molar-refractivity contribution in [3.63, 3.8) is 0 Å². The van der Waals surface area contributed by atoms with Crippen molar-refractivity contribution in [2.45, 2.75) is 51.5 Å². The summed E-state index contributed by atoms with van der Waals surface area (Å²) in [6, 6.07) is 10.3. The van der Waals surface area contributed by atoms with E-state index in [0.29, 0.717) is 12.2 Å². The van der Waals surface area contributed by atoms with Crippen molar-refractivity contribution in [1.29, 1.82) is 0 Å². The molecule has 0 aromatic heterocycles. The molecule has 1 aromatic rings. The number of ketones is 1. The zero-order valence-electron chi connectivity index (χ0n) is 12.2. The highest BCUT2D eigenvalue weighted by Gasteiger charge is 2.37. The molecule has 1 atom stereocenters. The lowest BCUT2D eigenvalue weighted by Crippen LogP contribution is -2.50. The van der Waals surface area contributed by atoms with Crippen LogP contribution < -0.4 is 0 Å². The number of hydrogen-bond acceptors (Lipinski definition) is 2. The maximum Gasteiger partial charge on any atom is 0.153 e. The summed E-state index contributed by atoms with van der Waals surface area (Å²) in [4.78, 5) is 15.0. The lowest BCUT2D eigenvalue weighted by molar-refractivity contribution is -0.130. The number of aryl methyl sites for hydroxylation is 1. The molecule has 2 nitrogen and oxygen atoms in total. The Labute approximate surface area is 116 Å². The molecule has 1 aromatic carbocycles. The molecule has 0 saturated carbocycles. The number of benzene rings is 1. The topological polar surface area (TPSA) is 20.3 Å². The van der Waals surface area contributed by atoms with Crippen LogP contribution in [0.4, 0.5) is 0 Å². The molecule has 0 spiro atoms. The predicted molar refractivity (Wildman–Crippen MR) is 79.3 cm³/mol. The van der Waals surface area contributed by atoms with Gasteiger partial charge in [-0.2, -0.15) is 0 Å². The van der Waals surface area contributed by atoms with E-state index in [0.717, 1.165) is 25.9 Å². The molecule has 1 fully saturated rings. The summed E-state index contributed by atoms with van der Waals surface area (Å²) in [5.74, 6) is 0.403. The maximum absolute atomic E-state index is 12.6.